The molecule has 1 amide bonds. The monoisotopic (exact) mass is 395 g/mol. The van der Waals surface area contributed by atoms with Crippen molar-refractivity contribution in [2.45, 2.75) is 19.3 Å². The van der Waals surface area contributed by atoms with Crippen LogP contribution < -0.4 is 16.1 Å². The van der Waals surface area contributed by atoms with Crippen LogP contribution in [0.1, 0.15) is 25.0 Å². The summed E-state index contributed by atoms with van der Waals surface area (Å²) in [6, 6.07) is 11.6. The first-order valence-corrected chi connectivity index (χ1v) is 9.50. The number of rotatable bonds is 3. The molecule has 8 nitrogen and oxygen atoms in total. The zero-order valence-corrected chi connectivity index (χ0v) is 17.2. The minimum atomic E-state index is -0.656. The highest BCUT2D eigenvalue weighted by molar-refractivity contribution is 5.87. The van der Waals surface area contributed by atoms with Crippen molar-refractivity contribution in [3.8, 4) is 6.07 Å². The fourth-order valence-electron chi connectivity index (χ4n) is 3.80. The van der Waals surface area contributed by atoms with Crippen LogP contribution in [0.4, 0.5) is 5.82 Å². The number of nitriles is 1. The molecule has 1 aliphatic rings. The molecule has 0 unspecified atom stereocenters. The highest BCUT2D eigenvalue weighted by atomic mass is 16.2. The number of piperazine rings is 1. The van der Waals surface area contributed by atoms with Crippen LogP contribution in [0.5, 0.6) is 0 Å². The molecular formula is C21H25N5O3. The third-order valence-corrected chi connectivity index (χ3v) is 5.64. The van der Waals surface area contributed by atoms with E-state index in [2.05, 4.69) is 0 Å². The van der Waals surface area contributed by atoms with Crippen LogP contribution >= 0.6 is 0 Å². The van der Waals surface area contributed by atoms with Crippen LogP contribution in [0.3, 0.4) is 0 Å². The molecule has 29 heavy (non-hydrogen) atoms. The Morgan fingerprint density at radius 1 is 1.00 bits per heavy atom. The summed E-state index contributed by atoms with van der Waals surface area (Å²) in [6.45, 7) is 5.59. The van der Waals surface area contributed by atoms with Crippen LogP contribution in [0.2, 0.25) is 0 Å². The molecule has 152 valence electrons. The second-order valence-electron chi connectivity index (χ2n) is 7.79. The zero-order valence-electron chi connectivity index (χ0n) is 17.2. The van der Waals surface area contributed by atoms with Gasteiger partial charge in [0.05, 0.1) is 5.41 Å². The Balaban J connectivity index is 1.84. The summed E-state index contributed by atoms with van der Waals surface area (Å²) < 4.78 is 2.26. The Labute approximate surface area is 169 Å². The summed E-state index contributed by atoms with van der Waals surface area (Å²) in [4.78, 5) is 41.4. The largest absolute Gasteiger partial charge is 0.353 e. The second-order valence-corrected chi connectivity index (χ2v) is 7.79. The number of benzene rings is 1. The van der Waals surface area contributed by atoms with E-state index in [4.69, 9.17) is 0 Å². The van der Waals surface area contributed by atoms with E-state index in [1.807, 2.05) is 55.1 Å². The quantitative estimate of drug-likeness (QED) is 0.758. The molecule has 0 aliphatic carbocycles. The van der Waals surface area contributed by atoms with E-state index in [1.54, 1.807) is 11.9 Å². The Hall–Kier alpha value is -3.34. The summed E-state index contributed by atoms with van der Waals surface area (Å²) in [6.07, 6.45) is 0. The Bertz CT molecular complexity index is 1080. The average Bonchev–Trinajstić information content (AvgIpc) is 2.74. The van der Waals surface area contributed by atoms with Gasteiger partial charge in [-0.2, -0.15) is 5.26 Å². The van der Waals surface area contributed by atoms with E-state index >= 15 is 0 Å². The third kappa shape index (κ3) is 3.44. The molecule has 0 spiro atoms. The van der Waals surface area contributed by atoms with Crippen LogP contribution in [0.15, 0.2) is 39.9 Å². The minimum Gasteiger partial charge on any atom is -0.353 e. The molecule has 1 fully saturated rings. The Kier molecular flexibility index (Phi) is 5.33. The topological polar surface area (TPSA) is 91.3 Å². The Morgan fingerprint density at radius 2 is 1.59 bits per heavy atom. The van der Waals surface area contributed by atoms with Crippen molar-refractivity contribution in [3.63, 3.8) is 0 Å². The first-order chi connectivity index (χ1) is 13.7. The molecule has 1 aromatic carbocycles. The van der Waals surface area contributed by atoms with Crippen molar-refractivity contribution >= 4 is 11.7 Å². The maximum absolute atomic E-state index is 13.2. The van der Waals surface area contributed by atoms with E-state index < -0.39 is 16.7 Å². The van der Waals surface area contributed by atoms with E-state index in [0.29, 0.717) is 32.0 Å². The van der Waals surface area contributed by atoms with Gasteiger partial charge in [-0.25, -0.2) is 4.79 Å². The molecule has 8 heteroatoms. The third-order valence-electron chi connectivity index (χ3n) is 5.64. The lowest BCUT2D eigenvalue weighted by Crippen LogP contribution is -2.54. The lowest BCUT2D eigenvalue weighted by molar-refractivity contribution is -0.136. The number of nitrogens with zero attached hydrogens (tertiary/aromatic N) is 5. The van der Waals surface area contributed by atoms with Gasteiger partial charge in [-0.05, 0) is 19.4 Å². The number of carbonyl (C=O) groups is 1. The van der Waals surface area contributed by atoms with Gasteiger partial charge < -0.3 is 9.80 Å². The fourth-order valence-corrected chi connectivity index (χ4v) is 3.80. The molecule has 0 saturated carbocycles. The molecule has 2 heterocycles. The normalized spacial score (nSPS) is 14.6. The number of carbonyl (C=O) groups excluding carboxylic acids is 1. The number of anilines is 1. The van der Waals surface area contributed by atoms with E-state index in [9.17, 15) is 19.6 Å². The van der Waals surface area contributed by atoms with E-state index in [0.717, 1.165) is 10.1 Å². The first kappa shape index (κ1) is 20.4. The second kappa shape index (κ2) is 7.59. The summed E-state index contributed by atoms with van der Waals surface area (Å²) in [7, 11) is 2.91. The van der Waals surface area contributed by atoms with Gasteiger partial charge in [0.2, 0.25) is 5.91 Å². The lowest BCUT2D eigenvalue weighted by Gasteiger charge is -2.40. The van der Waals surface area contributed by atoms with Crippen molar-refractivity contribution in [2.75, 3.05) is 31.1 Å². The molecule has 1 saturated heterocycles. The predicted octanol–water partition coefficient (Wildman–Crippen LogP) is 0.582. The summed E-state index contributed by atoms with van der Waals surface area (Å²) in [5.74, 6) is 0.344. The summed E-state index contributed by atoms with van der Waals surface area (Å²) >= 11 is 0. The Morgan fingerprint density at radius 3 is 2.14 bits per heavy atom. The fraction of sp³-hybridized carbons (Fsp3) is 0.429. The van der Waals surface area contributed by atoms with Crippen molar-refractivity contribution in [3.05, 3.63) is 62.3 Å². The maximum atomic E-state index is 13.2. The van der Waals surface area contributed by atoms with Gasteiger partial charge in [-0.15, -0.1) is 0 Å². The molecule has 1 aromatic heterocycles. The first-order valence-electron chi connectivity index (χ1n) is 9.50. The molecule has 0 atom stereocenters. The average molecular weight is 395 g/mol. The van der Waals surface area contributed by atoms with Gasteiger partial charge in [0, 0.05) is 40.3 Å². The van der Waals surface area contributed by atoms with E-state index in [-0.39, 0.29) is 11.5 Å². The van der Waals surface area contributed by atoms with E-state index in [1.165, 1.54) is 11.6 Å². The molecule has 1 aliphatic heterocycles. The maximum Gasteiger partial charge on any atom is 0.332 e. The molecule has 0 bridgehead atoms. The number of hydrogen-bond donors (Lipinski definition) is 0. The van der Waals surface area contributed by atoms with Gasteiger partial charge in [-0.3, -0.25) is 18.7 Å². The highest BCUT2D eigenvalue weighted by Crippen LogP contribution is 2.27. The van der Waals surface area contributed by atoms with Gasteiger partial charge in [0.25, 0.3) is 5.56 Å². The molecule has 0 radical (unpaired) electrons. The summed E-state index contributed by atoms with van der Waals surface area (Å²) in [5.41, 5.74) is -0.842. The van der Waals surface area contributed by atoms with Gasteiger partial charge in [-0.1, -0.05) is 30.3 Å². The highest BCUT2D eigenvalue weighted by Gasteiger charge is 2.35. The van der Waals surface area contributed by atoms with Gasteiger partial charge in [0.15, 0.2) is 5.56 Å². The minimum absolute atomic E-state index is 0.0294. The van der Waals surface area contributed by atoms with Crippen molar-refractivity contribution in [2.24, 2.45) is 14.1 Å². The molecular weight excluding hydrogens is 370 g/mol. The number of hydrogen-bond acceptors (Lipinski definition) is 5. The predicted molar refractivity (Wildman–Crippen MR) is 110 cm³/mol. The summed E-state index contributed by atoms with van der Waals surface area (Å²) in [5, 5.41) is 9.47. The van der Waals surface area contributed by atoms with Gasteiger partial charge >= 0.3 is 5.69 Å². The standard InChI is InChI=1S/C21H25N5O3/c1-21(2,15-8-6-5-7-9-15)19(28)26-12-10-25(11-13-26)17-16(14-22)18(27)24(4)20(29)23(17)3/h5-9H,10-13H2,1-4H3. The van der Waals surface area contributed by atoms with Crippen LogP contribution in [-0.2, 0) is 24.3 Å². The number of aromatic nitrogens is 2. The molecule has 2 aromatic rings. The van der Waals surface area contributed by atoms with Crippen molar-refractivity contribution in [1.82, 2.24) is 14.0 Å². The van der Waals surface area contributed by atoms with Crippen molar-refractivity contribution in [1.29, 1.82) is 5.26 Å². The van der Waals surface area contributed by atoms with Crippen LogP contribution in [0, 0.1) is 11.3 Å². The van der Waals surface area contributed by atoms with Crippen LogP contribution in [0.25, 0.3) is 0 Å². The lowest BCUT2D eigenvalue weighted by atomic mass is 9.83. The van der Waals surface area contributed by atoms with Crippen molar-refractivity contribution < 1.29 is 4.79 Å². The SMILES string of the molecule is Cn1c(N2CCN(C(=O)C(C)(C)c3ccccc3)CC2)c(C#N)c(=O)n(C)c1=O. The van der Waals surface area contributed by atoms with Gasteiger partial charge in [0.1, 0.15) is 11.9 Å². The smallest absolute Gasteiger partial charge is 0.332 e. The number of amides is 1. The molecule has 0 N–H and O–H groups in total. The zero-order chi connectivity index (χ0) is 21.3. The molecule has 3 rings (SSSR count). The van der Waals surface area contributed by atoms with Crippen LogP contribution in [-0.4, -0.2) is 46.1 Å².